The summed E-state index contributed by atoms with van der Waals surface area (Å²) in [5.74, 6) is -2.12. The van der Waals surface area contributed by atoms with Gasteiger partial charge in [-0.1, -0.05) is 210 Å². The predicted molar refractivity (Wildman–Crippen MR) is 317 cm³/mol. The van der Waals surface area contributed by atoms with Crippen molar-refractivity contribution in [3.8, 4) is 0 Å². The molecule has 75 heavy (non-hydrogen) atoms. The van der Waals surface area contributed by atoms with E-state index < -0.39 is 24.3 Å². The van der Waals surface area contributed by atoms with Crippen LogP contribution in [0.15, 0.2) is 158 Å². The summed E-state index contributed by atoms with van der Waals surface area (Å²) >= 11 is 0. The topological polar surface area (TPSA) is 108 Å². The third kappa shape index (κ3) is 56.5. The average Bonchev–Trinajstić information content (AvgIpc) is 3.38. The van der Waals surface area contributed by atoms with Crippen LogP contribution in [-0.4, -0.2) is 87.4 Å². The van der Waals surface area contributed by atoms with Crippen LogP contribution < -0.4 is 0 Å². The van der Waals surface area contributed by atoms with Crippen LogP contribution in [0, 0.1) is 0 Å². The summed E-state index contributed by atoms with van der Waals surface area (Å²) < 4.78 is 22.8. The molecular weight excluding hydrogens is 935 g/mol. The minimum Gasteiger partial charge on any atom is -0.477 e. The molecule has 0 bridgehead atoms. The summed E-state index contributed by atoms with van der Waals surface area (Å²) in [4.78, 5) is 37.4. The van der Waals surface area contributed by atoms with Gasteiger partial charge >= 0.3 is 17.9 Å². The zero-order chi connectivity index (χ0) is 54.8. The average molecular weight is 1040 g/mol. The molecule has 1 N–H and O–H groups in total. The lowest BCUT2D eigenvalue weighted by molar-refractivity contribution is -0.870. The Labute approximate surface area is 457 Å². The monoisotopic (exact) mass is 1040 g/mol. The maximum Gasteiger partial charge on any atom is 0.361 e. The molecule has 0 saturated carbocycles. The van der Waals surface area contributed by atoms with Crippen molar-refractivity contribution < 1.29 is 42.9 Å². The number of aliphatic carboxylic acids is 1. The van der Waals surface area contributed by atoms with E-state index in [1.807, 2.05) is 21.1 Å². The maximum absolute atomic E-state index is 12.9. The van der Waals surface area contributed by atoms with Crippen molar-refractivity contribution in [2.24, 2.45) is 0 Å². The van der Waals surface area contributed by atoms with Crippen molar-refractivity contribution in [1.82, 2.24) is 0 Å². The summed E-state index contributed by atoms with van der Waals surface area (Å²) in [6, 6.07) is 0. The molecule has 0 aliphatic carbocycles. The molecule has 0 rings (SSSR count). The molecule has 420 valence electrons. The van der Waals surface area contributed by atoms with Crippen molar-refractivity contribution in [3.63, 3.8) is 0 Å². The molecule has 0 aromatic heterocycles. The fraction of sp³-hybridized carbons (Fsp3) is 0.561. The number of carbonyl (C=O) groups excluding carboxylic acids is 2. The Hall–Kier alpha value is -5.09. The van der Waals surface area contributed by atoms with Gasteiger partial charge in [0.1, 0.15) is 13.2 Å². The molecule has 0 aromatic carbocycles. The van der Waals surface area contributed by atoms with Crippen LogP contribution in [0.25, 0.3) is 0 Å². The molecule has 0 aliphatic rings. The molecule has 0 aliphatic heterocycles. The second-order valence-corrected chi connectivity index (χ2v) is 19.5. The molecule has 0 saturated heterocycles. The van der Waals surface area contributed by atoms with Crippen molar-refractivity contribution in [1.29, 1.82) is 0 Å². The zero-order valence-corrected chi connectivity index (χ0v) is 47.6. The highest BCUT2D eigenvalue weighted by Crippen LogP contribution is 2.13. The predicted octanol–water partition coefficient (Wildman–Crippen LogP) is 17.0. The van der Waals surface area contributed by atoms with Crippen molar-refractivity contribution in [3.05, 3.63) is 158 Å². The number of rotatable bonds is 50. The van der Waals surface area contributed by atoms with Crippen molar-refractivity contribution in [2.45, 2.75) is 193 Å². The van der Waals surface area contributed by atoms with Gasteiger partial charge in [-0.2, -0.15) is 0 Å². The largest absolute Gasteiger partial charge is 0.477 e. The Morgan fingerprint density at radius 3 is 1.11 bits per heavy atom. The van der Waals surface area contributed by atoms with Gasteiger partial charge in [0, 0.05) is 12.8 Å². The fourth-order valence-electron chi connectivity index (χ4n) is 6.94. The Morgan fingerprint density at radius 2 is 0.733 bits per heavy atom. The highest BCUT2D eigenvalue weighted by atomic mass is 16.7. The quantitative estimate of drug-likeness (QED) is 0.0211. The molecular formula is C66H104NO8+. The second-order valence-electron chi connectivity index (χ2n) is 19.5. The van der Waals surface area contributed by atoms with Crippen LogP contribution in [0.4, 0.5) is 0 Å². The third-order valence-corrected chi connectivity index (χ3v) is 11.3. The summed E-state index contributed by atoms with van der Waals surface area (Å²) in [5.41, 5.74) is 0. The standard InChI is InChI=1S/C66H103NO8/c1-6-8-10-12-14-16-18-20-22-24-26-28-29-30-31-32-33-34-35-37-39-41-43-45-47-49-51-53-55-57-64(69)75-62(61-74-66(65(70)71)72-59-58-67(3,4)5)60-73-63(68)56-54-52-50-48-46-44-42-40-38-36-27-25-23-21-19-17-15-13-11-9-7-2/h8-11,14-17,20-23,26-28,30-31,33-34,36-37,39,43,45,49,51,62,66H,6-7,12-13,18-19,24-25,29,32,35,38,40-42,44,46-48,50,52-61H2,1-5H3/p+1/b10-8-,11-9-,16-14-,17-15-,22-20-,23-21-,28-26-,31-30-,34-33-,36-27-,39-37-,45-43-,51-49-. The van der Waals surface area contributed by atoms with Crippen LogP contribution in [0.2, 0.25) is 0 Å². The van der Waals surface area contributed by atoms with Gasteiger partial charge in [-0.25, -0.2) is 4.79 Å². The lowest BCUT2D eigenvalue weighted by atomic mass is 10.1. The second kappa shape index (κ2) is 55.2. The lowest BCUT2D eigenvalue weighted by Gasteiger charge is -2.25. The highest BCUT2D eigenvalue weighted by Gasteiger charge is 2.25. The van der Waals surface area contributed by atoms with E-state index in [9.17, 15) is 19.5 Å². The minimum absolute atomic E-state index is 0.165. The number of allylic oxidation sites excluding steroid dienone is 26. The number of ether oxygens (including phenoxy) is 4. The summed E-state index contributed by atoms with van der Waals surface area (Å²) in [7, 11) is 5.93. The molecule has 2 unspecified atom stereocenters. The maximum atomic E-state index is 12.9. The number of hydrogen-bond acceptors (Lipinski definition) is 7. The minimum atomic E-state index is -1.54. The van der Waals surface area contributed by atoms with Gasteiger partial charge in [0.05, 0.1) is 34.4 Å². The Kier molecular flexibility index (Phi) is 51.4. The first-order valence-corrected chi connectivity index (χ1v) is 28.6. The number of quaternary nitrogens is 1. The van der Waals surface area contributed by atoms with E-state index in [0.29, 0.717) is 23.9 Å². The van der Waals surface area contributed by atoms with E-state index in [4.69, 9.17) is 18.9 Å². The summed E-state index contributed by atoms with van der Waals surface area (Å²) in [6.45, 7) is 4.54. The van der Waals surface area contributed by atoms with Gasteiger partial charge in [-0.3, -0.25) is 9.59 Å². The van der Waals surface area contributed by atoms with Crippen LogP contribution in [-0.2, 0) is 33.3 Å². The summed E-state index contributed by atoms with van der Waals surface area (Å²) in [6.07, 6.45) is 78.9. The number of carbonyl (C=O) groups is 3. The number of esters is 2. The van der Waals surface area contributed by atoms with E-state index in [2.05, 4.69) is 172 Å². The van der Waals surface area contributed by atoms with Crippen molar-refractivity contribution in [2.75, 3.05) is 47.5 Å². The molecule has 0 radical (unpaired) electrons. The number of unbranched alkanes of at least 4 members (excludes halogenated alkanes) is 9. The van der Waals surface area contributed by atoms with Crippen LogP contribution >= 0.6 is 0 Å². The summed E-state index contributed by atoms with van der Waals surface area (Å²) in [5, 5.41) is 9.70. The number of hydrogen-bond donors (Lipinski definition) is 1. The van der Waals surface area contributed by atoms with Gasteiger partial charge in [0.15, 0.2) is 6.10 Å². The molecule has 0 spiro atoms. The molecule has 0 amide bonds. The normalized spacial score (nSPS) is 14.0. The first-order valence-electron chi connectivity index (χ1n) is 28.6. The van der Waals surface area contributed by atoms with E-state index >= 15 is 0 Å². The third-order valence-electron chi connectivity index (χ3n) is 11.3. The van der Waals surface area contributed by atoms with Crippen LogP contribution in [0.3, 0.4) is 0 Å². The van der Waals surface area contributed by atoms with Gasteiger partial charge in [0.2, 0.25) is 0 Å². The fourth-order valence-corrected chi connectivity index (χ4v) is 6.94. The van der Waals surface area contributed by atoms with E-state index in [-0.39, 0.29) is 38.6 Å². The van der Waals surface area contributed by atoms with Crippen LogP contribution in [0.1, 0.15) is 181 Å². The van der Waals surface area contributed by atoms with E-state index in [0.717, 1.165) is 116 Å². The number of carboxylic acid groups (broad SMARTS) is 1. The van der Waals surface area contributed by atoms with Gasteiger partial charge < -0.3 is 28.5 Å². The van der Waals surface area contributed by atoms with Gasteiger partial charge in [-0.15, -0.1) is 0 Å². The van der Waals surface area contributed by atoms with Gasteiger partial charge in [0.25, 0.3) is 6.29 Å². The first-order chi connectivity index (χ1) is 36.6. The molecule has 0 aromatic rings. The van der Waals surface area contributed by atoms with Crippen molar-refractivity contribution >= 4 is 17.9 Å². The molecule has 2 atom stereocenters. The SMILES string of the molecule is CC/C=C\C/C=C\C/C=C\C/C=C\C/C=C\C/C=C\C/C=C\C/C=C\C/C=C\CCCC(=O)OC(COC(=O)CCCCCCCCCC/C=C\C/C=C\C/C=C\C/C=C\CC)COC(OCC[N+](C)(C)C)C(=O)O. The number of nitrogens with zero attached hydrogens (tertiary/aromatic N) is 1. The smallest absolute Gasteiger partial charge is 0.361 e. The Morgan fingerprint density at radius 1 is 0.400 bits per heavy atom. The molecule has 0 fully saturated rings. The first kappa shape index (κ1) is 69.9. The molecule has 0 heterocycles. The van der Waals surface area contributed by atoms with E-state index in [1.54, 1.807) is 0 Å². The Balaban J connectivity index is 4.44. The zero-order valence-electron chi connectivity index (χ0n) is 47.6. The Bertz CT molecular complexity index is 1780. The highest BCUT2D eigenvalue weighted by molar-refractivity contribution is 5.71. The molecule has 9 heteroatoms. The lowest BCUT2D eigenvalue weighted by Crippen LogP contribution is -2.40. The molecule has 9 nitrogen and oxygen atoms in total. The van der Waals surface area contributed by atoms with E-state index in [1.165, 1.54) is 25.7 Å². The number of likely N-dealkylation sites (N-methyl/N-ethyl adjacent to an activating group) is 1. The number of carboxylic acids is 1. The van der Waals surface area contributed by atoms with Gasteiger partial charge in [-0.05, 0) is 116 Å². The van der Waals surface area contributed by atoms with Crippen LogP contribution in [0.5, 0.6) is 0 Å².